The van der Waals surface area contributed by atoms with Gasteiger partial charge < -0.3 is 4.74 Å². The van der Waals surface area contributed by atoms with E-state index in [0.29, 0.717) is 5.69 Å². The van der Waals surface area contributed by atoms with Gasteiger partial charge in [0.2, 0.25) is 0 Å². The SMILES string of the molecule is CC(C)n1ccc(COCCC(F)(F)F)n1. The Morgan fingerprint density at radius 1 is 1.44 bits per heavy atom. The van der Waals surface area contributed by atoms with Crippen LogP contribution >= 0.6 is 0 Å². The molecule has 0 unspecified atom stereocenters. The number of halogens is 3. The van der Waals surface area contributed by atoms with Crippen molar-refractivity contribution in [1.82, 2.24) is 9.78 Å². The second kappa shape index (κ2) is 5.34. The molecule has 6 heteroatoms. The quantitative estimate of drug-likeness (QED) is 0.735. The molecule has 92 valence electrons. The van der Waals surface area contributed by atoms with Crippen LogP contribution in [0.25, 0.3) is 0 Å². The van der Waals surface area contributed by atoms with Crippen molar-refractivity contribution in [3.05, 3.63) is 18.0 Å². The fourth-order valence-electron chi connectivity index (χ4n) is 1.11. The summed E-state index contributed by atoms with van der Waals surface area (Å²) < 4.78 is 42.0. The first kappa shape index (κ1) is 13.0. The van der Waals surface area contributed by atoms with Crippen LogP contribution in [-0.4, -0.2) is 22.6 Å². The van der Waals surface area contributed by atoms with Gasteiger partial charge >= 0.3 is 6.18 Å². The van der Waals surface area contributed by atoms with E-state index in [1.165, 1.54) is 0 Å². The van der Waals surface area contributed by atoms with Gasteiger partial charge in [0, 0.05) is 12.2 Å². The van der Waals surface area contributed by atoms with Gasteiger partial charge in [-0.25, -0.2) is 0 Å². The van der Waals surface area contributed by atoms with E-state index in [9.17, 15) is 13.2 Å². The number of rotatable bonds is 5. The smallest absolute Gasteiger partial charge is 0.375 e. The Balaban J connectivity index is 2.27. The van der Waals surface area contributed by atoms with Crippen molar-refractivity contribution in [3.8, 4) is 0 Å². The van der Waals surface area contributed by atoms with Crippen molar-refractivity contribution in [3.63, 3.8) is 0 Å². The Morgan fingerprint density at radius 3 is 2.62 bits per heavy atom. The van der Waals surface area contributed by atoms with Crippen LogP contribution < -0.4 is 0 Å². The standard InChI is InChI=1S/C10H15F3N2O/c1-8(2)15-5-3-9(14-15)7-16-6-4-10(11,12)13/h3,5,8H,4,6-7H2,1-2H3. The van der Waals surface area contributed by atoms with Gasteiger partial charge in [-0.2, -0.15) is 18.3 Å². The molecule has 0 saturated carbocycles. The number of aromatic nitrogens is 2. The summed E-state index contributed by atoms with van der Waals surface area (Å²) in [6, 6.07) is 1.98. The van der Waals surface area contributed by atoms with E-state index in [2.05, 4.69) is 5.10 Å². The van der Waals surface area contributed by atoms with Crippen LogP contribution in [0, 0.1) is 0 Å². The molecule has 16 heavy (non-hydrogen) atoms. The van der Waals surface area contributed by atoms with Gasteiger partial charge in [0.15, 0.2) is 0 Å². The summed E-state index contributed by atoms with van der Waals surface area (Å²) in [5.74, 6) is 0. The van der Waals surface area contributed by atoms with E-state index in [1.54, 1.807) is 16.9 Å². The monoisotopic (exact) mass is 236 g/mol. The molecule has 0 saturated heterocycles. The summed E-state index contributed by atoms with van der Waals surface area (Å²) in [7, 11) is 0. The van der Waals surface area contributed by atoms with Crippen LogP contribution in [0.3, 0.4) is 0 Å². The molecule has 0 spiro atoms. The zero-order valence-electron chi connectivity index (χ0n) is 9.29. The van der Waals surface area contributed by atoms with Gasteiger partial charge in [0.05, 0.1) is 25.3 Å². The van der Waals surface area contributed by atoms with Gasteiger partial charge in [-0.1, -0.05) is 0 Å². The lowest BCUT2D eigenvalue weighted by Crippen LogP contribution is -2.11. The highest BCUT2D eigenvalue weighted by molar-refractivity contribution is 4.97. The van der Waals surface area contributed by atoms with Crippen molar-refractivity contribution in [1.29, 1.82) is 0 Å². The molecule has 1 aromatic heterocycles. The van der Waals surface area contributed by atoms with Crippen molar-refractivity contribution in [2.75, 3.05) is 6.61 Å². The molecule has 1 heterocycles. The largest absolute Gasteiger partial charge is 0.391 e. The molecule has 3 nitrogen and oxygen atoms in total. The highest BCUT2D eigenvalue weighted by atomic mass is 19.4. The summed E-state index contributed by atoms with van der Waals surface area (Å²) in [5, 5.41) is 4.15. The summed E-state index contributed by atoms with van der Waals surface area (Å²) in [5.41, 5.74) is 0.649. The Hall–Kier alpha value is -1.04. The average Bonchev–Trinajstić information content (AvgIpc) is 2.59. The fourth-order valence-corrected chi connectivity index (χ4v) is 1.11. The van der Waals surface area contributed by atoms with E-state index in [4.69, 9.17) is 4.74 Å². The minimum atomic E-state index is -4.16. The molecule has 0 aliphatic heterocycles. The zero-order valence-corrected chi connectivity index (χ0v) is 9.29. The van der Waals surface area contributed by atoms with Crippen LogP contribution in [-0.2, 0) is 11.3 Å². The Bertz CT molecular complexity index is 320. The van der Waals surface area contributed by atoms with Gasteiger partial charge in [0.1, 0.15) is 0 Å². The third-order valence-corrected chi connectivity index (χ3v) is 1.97. The Labute approximate surface area is 92.2 Å². The average molecular weight is 236 g/mol. The minimum Gasteiger partial charge on any atom is -0.375 e. The van der Waals surface area contributed by atoms with Crippen LogP contribution in [0.2, 0.25) is 0 Å². The molecule has 0 aromatic carbocycles. The lowest BCUT2D eigenvalue weighted by atomic mass is 10.4. The van der Waals surface area contributed by atoms with Crippen molar-refractivity contribution < 1.29 is 17.9 Å². The zero-order chi connectivity index (χ0) is 12.2. The predicted molar refractivity (Wildman–Crippen MR) is 52.9 cm³/mol. The fraction of sp³-hybridized carbons (Fsp3) is 0.700. The van der Waals surface area contributed by atoms with E-state index < -0.39 is 12.6 Å². The van der Waals surface area contributed by atoms with E-state index in [1.807, 2.05) is 13.8 Å². The van der Waals surface area contributed by atoms with Gasteiger partial charge in [-0.15, -0.1) is 0 Å². The molecule has 0 aliphatic rings. The summed E-state index contributed by atoms with van der Waals surface area (Å²) >= 11 is 0. The van der Waals surface area contributed by atoms with E-state index >= 15 is 0 Å². The molecule has 0 aliphatic carbocycles. The first-order valence-corrected chi connectivity index (χ1v) is 5.07. The van der Waals surface area contributed by atoms with Crippen LogP contribution in [0.5, 0.6) is 0 Å². The second-order valence-electron chi connectivity index (χ2n) is 3.80. The van der Waals surface area contributed by atoms with E-state index in [0.717, 1.165) is 0 Å². The van der Waals surface area contributed by atoms with Crippen molar-refractivity contribution in [2.24, 2.45) is 0 Å². The molecule has 0 fully saturated rings. The van der Waals surface area contributed by atoms with Gasteiger partial charge in [-0.05, 0) is 19.9 Å². The molecule has 1 rings (SSSR count). The maximum Gasteiger partial charge on any atom is 0.391 e. The lowest BCUT2D eigenvalue weighted by Gasteiger charge is -2.06. The molecule has 0 atom stereocenters. The summed E-state index contributed by atoms with van der Waals surface area (Å²) in [6.45, 7) is 3.75. The first-order chi connectivity index (χ1) is 7.38. The highest BCUT2D eigenvalue weighted by Gasteiger charge is 2.26. The molecular formula is C10H15F3N2O. The lowest BCUT2D eigenvalue weighted by molar-refractivity contribution is -0.146. The number of nitrogens with zero attached hydrogens (tertiary/aromatic N) is 2. The van der Waals surface area contributed by atoms with Crippen molar-refractivity contribution >= 4 is 0 Å². The highest BCUT2D eigenvalue weighted by Crippen LogP contribution is 2.19. The minimum absolute atomic E-state index is 0.121. The molecule has 0 bridgehead atoms. The van der Waals surface area contributed by atoms with Crippen molar-refractivity contribution in [2.45, 2.75) is 39.1 Å². The Morgan fingerprint density at radius 2 is 2.12 bits per heavy atom. The number of hydrogen-bond donors (Lipinski definition) is 0. The first-order valence-electron chi connectivity index (χ1n) is 5.07. The third-order valence-electron chi connectivity index (χ3n) is 1.97. The molecule has 0 radical (unpaired) electrons. The maximum absolute atomic E-state index is 11.8. The maximum atomic E-state index is 11.8. The predicted octanol–water partition coefficient (Wildman–Crippen LogP) is 2.93. The normalized spacial score (nSPS) is 12.4. The molecular weight excluding hydrogens is 221 g/mol. The summed E-state index contributed by atoms with van der Waals surface area (Å²) in [6.07, 6.45) is -3.29. The topological polar surface area (TPSA) is 27.1 Å². The van der Waals surface area contributed by atoms with Crippen LogP contribution in [0.4, 0.5) is 13.2 Å². The van der Waals surface area contributed by atoms with Crippen LogP contribution in [0.15, 0.2) is 12.3 Å². The molecule has 0 amide bonds. The Kier molecular flexibility index (Phi) is 4.35. The third kappa shape index (κ3) is 4.65. The van der Waals surface area contributed by atoms with Gasteiger partial charge in [-0.3, -0.25) is 4.68 Å². The molecule has 1 aromatic rings. The number of hydrogen-bond acceptors (Lipinski definition) is 2. The van der Waals surface area contributed by atoms with Gasteiger partial charge in [0.25, 0.3) is 0 Å². The summed E-state index contributed by atoms with van der Waals surface area (Å²) in [4.78, 5) is 0. The van der Waals surface area contributed by atoms with E-state index in [-0.39, 0.29) is 19.3 Å². The molecule has 0 N–H and O–H groups in total. The van der Waals surface area contributed by atoms with Crippen LogP contribution in [0.1, 0.15) is 32.0 Å². The second-order valence-corrected chi connectivity index (χ2v) is 3.80. The number of alkyl halides is 3. The number of ether oxygens (including phenoxy) is 1.